The van der Waals surface area contributed by atoms with E-state index < -0.39 is 5.91 Å². The van der Waals surface area contributed by atoms with E-state index >= 15 is 0 Å². The average molecular weight is 344 g/mol. The summed E-state index contributed by atoms with van der Waals surface area (Å²) in [6.07, 6.45) is 0. The quantitative estimate of drug-likeness (QED) is 0.601. The fourth-order valence-corrected chi connectivity index (χ4v) is 2.32. The first-order valence-corrected chi connectivity index (χ1v) is 7.52. The Morgan fingerprint density at radius 3 is 2.12 bits per heavy atom. The van der Waals surface area contributed by atoms with Crippen molar-refractivity contribution in [1.82, 2.24) is 10.6 Å². The van der Waals surface area contributed by atoms with Crippen LogP contribution in [0.25, 0.3) is 0 Å². The highest BCUT2D eigenvalue weighted by molar-refractivity contribution is 5.96. The minimum absolute atomic E-state index is 0.125. The van der Waals surface area contributed by atoms with Crippen molar-refractivity contribution in [1.29, 1.82) is 0 Å². The lowest BCUT2D eigenvalue weighted by Gasteiger charge is -2.08. The molecular weight excluding hydrogens is 328 g/mol. The van der Waals surface area contributed by atoms with E-state index in [2.05, 4.69) is 10.6 Å². The van der Waals surface area contributed by atoms with Crippen LogP contribution in [0.4, 0.5) is 0 Å². The van der Waals surface area contributed by atoms with Crippen molar-refractivity contribution in [2.75, 3.05) is 19.9 Å². The van der Waals surface area contributed by atoms with Crippen molar-refractivity contribution >= 4 is 11.8 Å². The number of rotatable bonds is 5. The molecule has 2 aromatic rings. The largest absolute Gasteiger partial charge is 0.508 e. The second-order valence-electron chi connectivity index (χ2n) is 5.32. The molecule has 0 bridgehead atoms. The second kappa shape index (κ2) is 7.00. The molecular formula is C17H16N2O6. The number of aromatic hydroxyl groups is 2. The number of phenols is 2. The number of hydrogen-bond donors (Lipinski definition) is 4. The summed E-state index contributed by atoms with van der Waals surface area (Å²) in [6.45, 7) is 0.534. The molecule has 8 heteroatoms. The number of phenolic OH excluding ortho intramolecular Hbond substituents is 2. The van der Waals surface area contributed by atoms with Gasteiger partial charge in [0, 0.05) is 30.3 Å². The van der Waals surface area contributed by atoms with Gasteiger partial charge in [-0.05, 0) is 30.3 Å². The van der Waals surface area contributed by atoms with Crippen LogP contribution < -0.4 is 20.1 Å². The number of amides is 2. The molecule has 0 aromatic heterocycles. The Morgan fingerprint density at radius 1 is 0.840 bits per heavy atom. The average Bonchev–Trinajstić information content (AvgIpc) is 3.05. The van der Waals surface area contributed by atoms with Gasteiger partial charge in [-0.2, -0.15) is 0 Å². The van der Waals surface area contributed by atoms with Gasteiger partial charge in [-0.1, -0.05) is 0 Å². The van der Waals surface area contributed by atoms with Crippen LogP contribution in [0.3, 0.4) is 0 Å². The van der Waals surface area contributed by atoms with Crippen LogP contribution in [0.15, 0.2) is 36.4 Å². The molecule has 0 radical (unpaired) electrons. The highest BCUT2D eigenvalue weighted by Crippen LogP contribution is 2.32. The molecule has 25 heavy (non-hydrogen) atoms. The Balaban J connectivity index is 1.48. The molecule has 8 nitrogen and oxygen atoms in total. The zero-order chi connectivity index (χ0) is 17.8. The lowest BCUT2D eigenvalue weighted by molar-refractivity contribution is 0.0927. The molecule has 0 spiro atoms. The summed E-state index contributed by atoms with van der Waals surface area (Å²) in [5, 5.41) is 24.0. The number of ether oxygens (including phenoxy) is 2. The molecule has 1 aliphatic rings. The van der Waals surface area contributed by atoms with Gasteiger partial charge in [0.15, 0.2) is 11.5 Å². The third-order valence-electron chi connectivity index (χ3n) is 3.50. The van der Waals surface area contributed by atoms with Gasteiger partial charge in [0.1, 0.15) is 11.5 Å². The summed E-state index contributed by atoms with van der Waals surface area (Å²) in [7, 11) is 0. The highest BCUT2D eigenvalue weighted by atomic mass is 16.7. The molecule has 1 heterocycles. The Kier molecular flexibility index (Phi) is 4.60. The van der Waals surface area contributed by atoms with Crippen molar-refractivity contribution in [3.63, 3.8) is 0 Å². The topological polar surface area (TPSA) is 117 Å². The minimum Gasteiger partial charge on any atom is -0.508 e. The van der Waals surface area contributed by atoms with Crippen molar-refractivity contribution < 1.29 is 29.3 Å². The van der Waals surface area contributed by atoms with Crippen LogP contribution in [0.2, 0.25) is 0 Å². The third kappa shape index (κ3) is 3.92. The predicted molar refractivity (Wildman–Crippen MR) is 87.0 cm³/mol. The third-order valence-corrected chi connectivity index (χ3v) is 3.50. The number of carbonyl (C=O) groups is 2. The second-order valence-corrected chi connectivity index (χ2v) is 5.32. The van der Waals surface area contributed by atoms with Crippen LogP contribution in [-0.4, -0.2) is 41.9 Å². The Labute approximate surface area is 143 Å². The summed E-state index contributed by atoms with van der Waals surface area (Å²) in [5.74, 6) is -0.0728. The number of benzene rings is 2. The summed E-state index contributed by atoms with van der Waals surface area (Å²) in [5.41, 5.74) is 0.549. The fraction of sp³-hybridized carbons (Fsp3) is 0.176. The van der Waals surface area contributed by atoms with E-state index in [1.807, 2.05) is 0 Å². The Bertz CT molecular complexity index is 801. The molecule has 0 aliphatic carbocycles. The van der Waals surface area contributed by atoms with Crippen LogP contribution in [0, 0.1) is 0 Å². The molecule has 0 fully saturated rings. The first-order chi connectivity index (χ1) is 12.0. The normalized spacial score (nSPS) is 11.8. The van der Waals surface area contributed by atoms with E-state index in [0.29, 0.717) is 17.1 Å². The van der Waals surface area contributed by atoms with Gasteiger partial charge in [0.2, 0.25) is 6.79 Å². The maximum atomic E-state index is 12.1. The van der Waals surface area contributed by atoms with Crippen LogP contribution in [0.1, 0.15) is 20.7 Å². The standard InChI is InChI=1S/C17H16N2O6/c20-12-5-11(6-13(21)8-12)17(23)19-4-3-18-16(22)10-1-2-14-15(7-10)25-9-24-14/h1-2,5-8,20-21H,3-4,9H2,(H,18,22)(H,19,23). The molecule has 0 saturated heterocycles. The molecule has 2 amide bonds. The number of nitrogens with one attached hydrogen (secondary N) is 2. The van der Waals surface area contributed by atoms with Crippen LogP contribution in [-0.2, 0) is 0 Å². The first-order valence-electron chi connectivity index (χ1n) is 7.52. The van der Waals surface area contributed by atoms with Gasteiger partial charge in [-0.25, -0.2) is 0 Å². The number of hydrogen-bond acceptors (Lipinski definition) is 6. The number of fused-ring (bicyclic) bond motifs is 1. The summed E-state index contributed by atoms with van der Waals surface area (Å²) in [6, 6.07) is 8.47. The van der Waals surface area contributed by atoms with Gasteiger partial charge in [0.25, 0.3) is 11.8 Å². The van der Waals surface area contributed by atoms with Gasteiger partial charge >= 0.3 is 0 Å². The van der Waals surface area contributed by atoms with Crippen molar-refractivity contribution in [3.05, 3.63) is 47.5 Å². The van der Waals surface area contributed by atoms with Gasteiger partial charge < -0.3 is 30.3 Å². The number of carbonyl (C=O) groups excluding carboxylic acids is 2. The zero-order valence-corrected chi connectivity index (χ0v) is 13.1. The molecule has 0 unspecified atom stereocenters. The van der Waals surface area contributed by atoms with E-state index in [1.54, 1.807) is 18.2 Å². The highest BCUT2D eigenvalue weighted by Gasteiger charge is 2.16. The van der Waals surface area contributed by atoms with Crippen molar-refractivity contribution in [2.24, 2.45) is 0 Å². The minimum atomic E-state index is -0.469. The van der Waals surface area contributed by atoms with Gasteiger partial charge in [-0.3, -0.25) is 9.59 Å². The van der Waals surface area contributed by atoms with Crippen molar-refractivity contribution in [3.8, 4) is 23.0 Å². The molecule has 0 atom stereocenters. The summed E-state index contributed by atoms with van der Waals surface area (Å²) in [4.78, 5) is 24.0. The maximum absolute atomic E-state index is 12.1. The van der Waals surface area contributed by atoms with Crippen LogP contribution in [0.5, 0.6) is 23.0 Å². The molecule has 130 valence electrons. The monoisotopic (exact) mass is 344 g/mol. The lowest BCUT2D eigenvalue weighted by atomic mass is 10.2. The fourth-order valence-electron chi connectivity index (χ4n) is 2.32. The van der Waals surface area contributed by atoms with Crippen LogP contribution >= 0.6 is 0 Å². The summed E-state index contributed by atoms with van der Waals surface area (Å²) >= 11 is 0. The smallest absolute Gasteiger partial charge is 0.251 e. The van der Waals surface area contributed by atoms with Gasteiger partial charge in [0.05, 0.1) is 0 Å². The first kappa shape index (κ1) is 16.4. The predicted octanol–water partition coefficient (Wildman–Crippen LogP) is 0.986. The maximum Gasteiger partial charge on any atom is 0.251 e. The Morgan fingerprint density at radius 2 is 1.44 bits per heavy atom. The Hall–Kier alpha value is -3.42. The lowest BCUT2D eigenvalue weighted by Crippen LogP contribution is -2.34. The summed E-state index contributed by atoms with van der Waals surface area (Å²) < 4.78 is 10.4. The van der Waals surface area contributed by atoms with E-state index in [-0.39, 0.29) is 42.9 Å². The molecule has 2 aromatic carbocycles. The van der Waals surface area contributed by atoms with E-state index in [9.17, 15) is 19.8 Å². The van der Waals surface area contributed by atoms with Gasteiger partial charge in [-0.15, -0.1) is 0 Å². The van der Waals surface area contributed by atoms with Crippen molar-refractivity contribution in [2.45, 2.75) is 0 Å². The molecule has 0 saturated carbocycles. The van der Waals surface area contributed by atoms with E-state index in [4.69, 9.17) is 9.47 Å². The molecule has 1 aliphatic heterocycles. The zero-order valence-electron chi connectivity index (χ0n) is 13.1. The molecule has 3 rings (SSSR count). The SMILES string of the molecule is O=C(NCCNC(=O)c1ccc2c(c1)OCO2)c1cc(O)cc(O)c1. The van der Waals surface area contributed by atoms with E-state index in [0.717, 1.165) is 6.07 Å². The van der Waals surface area contributed by atoms with E-state index in [1.165, 1.54) is 12.1 Å². The molecule has 4 N–H and O–H groups in total.